The molecule has 30 heavy (non-hydrogen) atoms. The van der Waals surface area contributed by atoms with Gasteiger partial charge < -0.3 is 9.64 Å². The van der Waals surface area contributed by atoms with Crippen LogP contribution in [0.3, 0.4) is 0 Å². The molecule has 2 aromatic carbocycles. The van der Waals surface area contributed by atoms with Gasteiger partial charge in [-0.15, -0.1) is 0 Å². The molecule has 3 heterocycles. The van der Waals surface area contributed by atoms with E-state index in [-0.39, 0.29) is 30.2 Å². The smallest absolute Gasteiger partial charge is 0.343 e. The van der Waals surface area contributed by atoms with E-state index in [1.165, 1.54) is 18.9 Å². The molecule has 2 aliphatic heterocycles. The van der Waals surface area contributed by atoms with Crippen LogP contribution in [0.2, 0.25) is 0 Å². The lowest BCUT2D eigenvalue weighted by molar-refractivity contribution is -0.121. The first-order chi connectivity index (χ1) is 14.6. The molecule has 0 unspecified atom stereocenters. The maximum atomic E-state index is 12.7. The minimum Gasteiger partial charge on any atom is -0.423 e. The SMILES string of the molecule is O=C(Oc1ccc2nc(N3CCCC3)sc2c1)c1cccc(N2C(=O)CCC2=O)c1. The van der Waals surface area contributed by atoms with Crippen molar-refractivity contribution >= 4 is 50.2 Å². The average Bonchev–Trinajstić information content (AvgIpc) is 3.48. The van der Waals surface area contributed by atoms with E-state index in [0.717, 1.165) is 33.3 Å². The van der Waals surface area contributed by atoms with Crippen molar-refractivity contribution in [1.82, 2.24) is 4.98 Å². The van der Waals surface area contributed by atoms with E-state index in [1.54, 1.807) is 35.6 Å². The second-order valence-corrected chi connectivity index (χ2v) is 8.39. The summed E-state index contributed by atoms with van der Waals surface area (Å²) in [6, 6.07) is 11.8. The lowest BCUT2D eigenvalue weighted by Crippen LogP contribution is -2.28. The summed E-state index contributed by atoms with van der Waals surface area (Å²) in [6.07, 6.45) is 2.77. The van der Waals surface area contributed by atoms with E-state index in [2.05, 4.69) is 9.88 Å². The van der Waals surface area contributed by atoms with Gasteiger partial charge in [-0.25, -0.2) is 9.78 Å². The first-order valence-electron chi connectivity index (χ1n) is 9.92. The molecule has 0 radical (unpaired) electrons. The van der Waals surface area contributed by atoms with Crippen molar-refractivity contribution in [3.63, 3.8) is 0 Å². The van der Waals surface area contributed by atoms with Crippen LogP contribution in [-0.2, 0) is 9.59 Å². The highest BCUT2D eigenvalue weighted by molar-refractivity contribution is 7.22. The third-order valence-electron chi connectivity index (χ3n) is 5.33. The molecule has 5 rings (SSSR count). The number of carbonyl (C=O) groups is 3. The Morgan fingerprint density at radius 3 is 2.53 bits per heavy atom. The van der Waals surface area contributed by atoms with Crippen molar-refractivity contribution in [2.24, 2.45) is 0 Å². The van der Waals surface area contributed by atoms with Crippen LogP contribution >= 0.6 is 11.3 Å². The minimum absolute atomic E-state index is 0.196. The molecule has 8 heteroatoms. The van der Waals surface area contributed by atoms with Gasteiger partial charge in [0.05, 0.1) is 21.5 Å². The zero-order valence-electron chi connectivity index (χ0n) is 16.2. The molecule has 0 aliphatic carbocycles. The number of imide groups is 1. The summed E-state index contributed by atoms with van der Waals surface area (Å²) in [7, 11) is 0. The van der Waals surface area contributed by atoms with Gasteiger partial charge in [-0.1, -0.05) is 17.4 Å². The van der Waals surface area contributed by atoms with E-state index >= 15 is 0 Å². The topological polar surface area (TPSA) is 79.8 Å². The first kappa shape index (κ1) is 18.7. The number of amides is 2. The van der Waals surface area contributed by atoms with Crippen molar-refractivity contribution in [3.05, 3.63) is 48.0 Å². The van der Waals surface area contributed by atoms with Gasteiger partial charge in [0.1, 0.15) is 5.75 Å². The second kappa shape index (κ2) is 7.53. The summed E-state index contributed by atoms with van der Waals surface area (Å²) in [5.74, 6) is -0.618. The van der Waals surface area contributed by atoms with E-state index in [9.17, 15) is 14.4 Å². The standard InChI is InChI=1S/C22H19N3O4S/c26-19-8-9-20(27)25(19)15-5-3-4-14(12-15)21(28)29-16-6-7-17-18(13-16)30-22(23-17)24-10-1-2-11-24/h3-7,12-13H,1-2,8-11H2. The fourth-order valence-corrected chi connectivity index (χ4v) is 4.85. The minimum atomic E-state index is -0.542. The van der Waals surface area contributed by atoms with Gasteiger partial charge in [0, 0.05) is 32.0 Å². The number of rotatable bonds is 4. The van der Waals surface area contributed by atoms with Gasteiger partial charge in [-0.2, -0.15) is 0 Å². The Balaban J connectivity index is 1.36. The van der Waals surface area contributed by atoms with Crippen LogP contribution in [0.25, 0.3) is 10.2 Å². The third kappa shape index (κ3) is 3.43. The predicted molar refractivity (Wildman–Crippen MR) is 114 cm³/mol. The summed E-state index contributed by atoms with van der Waals surface area (Å²) in [4.78, 5) is 44.7. The second-order valence-electron chi connectivity index (χ2n) is 7.38. The highest BCUT2D eigenvalue weighted by Crippen LogP contribution is 2.33. The van der Waals surface area contributed by atoms with Crippen LogP contribution in [0.15, 0.2) is 42.5 Å². The number of nitrogens with zero attached hydrogens (tertiary/aromatic N) is 3. The van der Waals surface area contributed by atoms with Gasteiger partial charge in [-0.3, -0.25) is 14.5 Å². The number of benzene rings is 2. The number of hydrogen-bond acceptors (Lipinski definition) is 7. The van der Waals surface area contributed by atoms with Crippen molar-refractivity contribution in [3.8, 4) is 5.75 Å². The Bertz CT molecular complexity index is 1150. The first-order valence-corrected chi connectivity index (χ1v) is 10.7. The van der Waals surface area contributed by atoms with Crippen LogP contribution < -0.4 is 14.5 Å². The quantitative estimate of drug-likeness (QED) is 0.362. The molecule has 2 aliphatic rings. The van der Waals surface area contributed by atoms with Gasteiger partial charge in [0.2, 0.25) is 11.8 Å². The molecule has 0 N–H and O–H groups in total. The van der Waals surface area contributed by atoms with Gasteiger partial charge in [0.25, 0.3) is 0 Å². The Kier molecular flexibility index (Phi) is 4.71. The highest BCUT2D eigenvalue weighted by Gasteiger charge is 2.30. The number of fused-ring (bicyclic) bond motifs is 1. The zero-order valence-corrected chi connectivity index (χ0v) is 17.0. The Morgan fingerprint density at radius 2 is 1.77 bits per heavy atom. The van der Waals surface area contributed by atoms with E-state index in [0.29, 0.717) is 11.4 Å². The normalized spacial score (nSPS) is 16.7. The fraction of sp³-hybridized carbons (Fsp3) is 0.273. The molecule has 2 amide bonds. The Morgan fingerprint density at radius 1 is 1.00 bits per heavy atom. The largest absolute Gasteiger partial charge is 0.423 e. The van der Waals surface area contributed by atoms with Gasteiger partial charge >= 0.3 is 5.97 Å². The summed E-state index contributed by atoms with van der Waals surface area (Å²) in [5, 5.41) is 0.999. The van der Waals surface area contributed by atoms with Crippen molar-refractivity contribution in [2.45, 2.75) is 25.7 Å². The number of esters is 1. The molecular weight excluding hydrogens is 402 g/mol. The van der Waals surface area contributed by atoms with Crippen LogP contribution in [0.5, 0.6) is 5.75 Å². The van der Waals surface area contributed by atoms with Crippen LogP contribution in [0, 0.1) is 0 Å². The summed E-state index contributed by atoms with van der Waals surface area (Å²) in [6.45, 7) is 2.06. The number of ether oxygens (including phenoxy) is 1. The molecule has 0 bridgehead atoms. The summed E-state index contributed by atoms with van der Waals surface area (Å²) in [5.41, 5.74) is 1.56. The van der Waals surface area contributed by atoms with Gasteiger partial charge in [0.15, 0.2) is 5.13 Å². The van der Waals surface area contributed by atoms with Crippen LogP contribution in [0.4, 0.5) is 10.8 Å². The molecule has 1 aromatic heterocycles. The summed E-state index contributed by atoms with van der Waals surface area (Å²) >= 11 is 1.59. The lowest BCUT2D eigenvalue weighted by Gasteiger charge is -2.14. The maximum absolute atomic E-state index is 12.7. The van der Waals surface area contributed by atoms with E-state index in [4.69, 9.17) is 4.74 Å². The molecule has 2 fully saturated rings. The third-order valence-corrected chi connectivity index (χ3v) is 6.41. The molecule has 0 saturated carbocycles. The number of hydrogen-bond donors (Lipinski definition) is 0. The van der Waals surface area contributed by atoms with Crippen molar-refractivity contribution in [2.75, 3.05) is 22.9 Å². The van der Waals surface area contributed by atoms with E-state index in [1.807, 2.05) is 12.1 Å². The predicted octanol–water partition coefficient (Wildman–Crippen LogP) is 3.77. The number of thiazole rings is 1. The number of anilines is 2. The molecule has 7 nitrogen and oxygen atoms in total. The molecule has 0 spiro atoms. The lowest BCUT2D eigenvalue weighted by atomic mass is 10.2. The number of carbonyl (C=O) groups excluding carboxylic acids is 3. The average molecular weight is 421 g/mol. The Labute approximate surface area is 176 Å². The van der Waals surface area contributed by atoms with Crippen molar-refractivity contribution in [1.29, 1.82) is 0 Å². The summed E-state index contributed by atoms with van der Waals surface area (Å²) < 4.78 is 6.51. The van der Waals surface area contributed by atoms with Crippen LogP contribution in [0.1, 0.15) is 36.0 Å². The maximum Gasteiger partial charge on any atom is 0.343 e. The molecular formula is C22H19N3O4S. The molecule has 3 aromatic rings. The molecule has 2 saturated heterocycles. The highest BCUT2D eigenvalue weighted by atomic mass is 32.1. The zero-order chi connectivity index (χ0) is 20.7. The Hall–Kier alpha value is -3.26. The molecule has 152 valence electrons. The van der Waals surface area contributed by atoms with E-state index < -0.39 is 5.97 Å². The number of aromatic nitrogens is 1. The van der Waals surface area contributed by atoms with Crippen molar-refractivity contribution < 1.29 is 19.1 Å². The molecule has 0 atom stereocenters. The monoisotopic (exact) mass is 421 g/mol. The van der Waals surface area contributed by atoms with Crippen LogP contribution in [-0.4, -0.2) is 35.9 Å². The fourth-order valence-electron chi connectivity index (χ4n) is 3.80. The van der Waals surface area contributed by atoms with Gasteiger partial charge in [-0.05, 0) is 43.2 Å².